The van der Waals surface area contributed by atoms with Gasteiger partial charge in [0, 0.05) is 24.5 Å². The van der Waals surface area contributed by atoms with Crippen molar-refractivity contribution in [2.45, 2.75) is 20.4 Å². The van der Waals surface area contributed by atoms with Gasteiger partial charge in [0.05, 0.1) is 12.2 Å². The first-order valence-electron chi connectivity index (χ1n) is 7.40. The highest BCUT2D eigenvalue weighted by atomic mass is 16.6. The molecular weight excluding hydrogens is 298 g/mol. The summed E-state index contributed by atoms with van der Waals surface area (Å²) in [5.41, 5.74) is 1.53. The number of benzene rings is 1. The quantitative estimate of drug-likeness (QED) is 0.855. The number of carbonyl (C=O) groups excluding carboxylic acids is 1. The Bertz CT molecular complexity index is 882. The molecule has 7 heteroatoms. The lowest BCUT2D eigenvalue weighted by atomic mass is 10.1. The Morgan fingerprint density at radius 3 is 2.57 bits per heavy atom. The largest absolute Gasteiger partial charge is 0.447 e. The van der Waals surface area contributed by atoms with Crippen molar-refractivity contribution in [2.75, 3.05) is 18.1 Å². The molecule has 23 heavy (non-hydrogen) atoms. The number of anilines is 1. The van der Waals surface area contributed by atoms with Gasteiger partial charge in [-0.05, 0) is 37.6 Å². The van der Waals surface area contributed by atoms with Gasteiger partial charge in [-0.1, -0.05) is 0 Å². The van der Waals surface area contributed by atoms with Crippen LogP contribution >= 0.6 is 0 Å². The number of aryl methyl sites for hydroxylation is 1. The molecule has 0 atom stereocenters. The summed E-state index contributed by atoms with van der Waals surface area (Å²) in [6, 6.07) is 6.73. The van der Waals surface area contributed by atoms with Crippen molar-refractivity contribution in [2.24, 2.45) is 0 Å². The Morgan fingerprint density at radius 1 is 1.17 bits per heavy atom. The third-order valence-electron chi connectivity index (χ3n) is 3.90. The van der Waals surface area contributed by atoms with Crippen molar-refractivity contribution >= 4 is 11.8 Å². The monoisotopic (exact) mass is 315 g/mol. The van der Waals surface area contributed by atoms with Gasteiger partial charge in [0.25, 0.3) is 5.56 Å². The van der Waals surface area contributed by atoms with Crippen LogP contribution in [0.15, 0.2) is 40.1 Å². The van der Waals surface area contributed by atoms with E-state index < -0.39 is 0 Å². The first-order valence-corrected chi connectivity index (χ1v) is 7.40. The van der Waals surface area contributed by atoms with E-state index in [0.29, 0.717) is 25.4 Å². The molecule has 1 aliphatic heterocycles. The van der Waals surface area contributed by atoms with E-state index in [4.69, 9.17) is 4.74 Å². The van der Waals surface area contributed by atoms with Crippen LogP contribution in [-0.4, -0.2) is 28.4 Å². The van der Waals surface area contributed by atoms with Crippen molar-refractivity contribution < 1.29 is 9.53 Å². The van der Waals surface area contributed by atoms with Crippen LogP contribution in [0.1, 0.15) is 12.5 Å². The average Bonchev–Trinajstić information content (AvgIpc) is 2.95. The van der Waals surface area contributed by atoms with Crippen molar-refractivity contribution in [1.82, 2.24) is 9.13 Å². The Hall–Kier alpha value is -2.83. The van der Waals surface area contributed by atoms with Crippen LogP contribution in [-0.2, 0) is 11.3 Å². The smallest absolute Gasteiger partial charge is 0.414 e. The fourth-order valence-electron chi connectivity index (χ4n) is 2.70. The zero-order valence-electron chi connectivity index (χ0n) is 13.0. The van der Waals surface area contributed by atoms with E-state index in [-0.39, 0.29) is 17.3 Å². The molecule has 0 bridgehead atoms. The molecule has 1 aromatic heterocycles. The molecular formula is C16H17N3O4. The van der Waals surface area contributed by atoms with Gasteiger partial charge in [0.2, 0.25) is 0 Å². The molecule has 2 aromatic rings. The standard InChI is InChI=1S/C16H17N3O4/c1-3-17-14(20)6-7-19(15(17)21)13-5-4-12(10-11(13)2)18-8-9-23-16(18)22/h4-7,10H,3,8-9H2,1-2H3. The molecule has 1 aromatic carbocycles. The van der Waals surface area contributed by atoms with Crippen LogP contribution in [0.25, 0.3) is 5.69 Å². The van der Waals surface area contributed by atoms with Crippen molar-refractivity contribution in [1.29, 1.82) is 0 Å². The van der Waals surface area contributed by atoms with Crippen LogP contribution in [0, 0.1) is 6.92 Å². The van der Waals surface area contributed by atoms with Gasteiger partial charge in [-0.25, -0.2) is 9.59 Å². The zero-order valence-corrected chi connectivity index (χ0v) is 13.0. The van der Waals surface area contributed by atoms with Gasteiger partial charge in [-0.3, -0.25) is 18.8 Å². The highest BCUT2D eigenvalue weighted by molar-refractivity contribution is 5.89. The fourth-order valence-corrected chi connectivity index (χ4v) is 2.70. The lowest BCUT2D eigenvalue weighted by Crippen LogP contribution is -2.38. The highest BCUT2D eigenvalue weighted by Crippen LogP contribution is 2.23. The third-order valence-corrected chi connectivity index (χ3v) is 3.90. The maximum absolute atomic E-state index is 12.4. The summed E-state index contributed by atoms with van der Waals surface area (Å²) in [4.78, 5) is 37.3. The number of cyclic esters (lactones) is 1. The summed E-state index contributed by atoms with van der Waals surface area (Å²) in [7, 11) is 0. The number of carbonyl (C=O) groups is 1. The van der Waals surface area contributed by atoms with Crippen LogP contribution in [0.5, 0.6) is 0 Å². The topological polar surface area (TPSA) is 73.5 Å². The molecule has 120 valence electrons. The van der Waals surface area contributed by atoms with E-state index in [1.54, 1.807) is 24.0 Å². The molecule has 1 fully saturated rings. The minimum atomic E-state index is -0.378. The maximum atomic E-state index is 12.4. The van der Waals surface area contributed by atoms with E-state index in [2.05, 4.69) is 0 Å². The lowest BCUT2D eigenvalue weighted by Gasteiger charge is -2.16. The molecule has 0 N–H and O–H groups in total. The van der Waals surface area contributed by atoms with Gasteiger partial charge in [-0.15, -0.1) is 0 Å². The lowest BCUT2D eigenvalue weighted by molar-refractivity contribution is 0.181. The number of nitrogens with zero attached hydrogens (tertiary/aromatic N) is 3. The number of amides is 1. The number of hydrogen-bond donors (Lipinski definition) is 0. The summed E-state index contributed by atoms with van der Waals surface area (Å²) in [6.07, 6.45) is 1.11. The predicted octanol–water partition coefficient (Wildman–Crippen LogP) is 1.28. The highest BCUT2D eigenvalue weighted by Gasteiger charge is 2.24. The van der Waals surface area contributed by atoms with Crippen LogP contribution in [0.3, 0.4) is 0 Å². The molecule has 3 rings (SSSR count). The average molecular weight is 315 g/mol. The van der Waals surface area contributed by atoms with Crippen molar-refractivity contribution in [3.8, 4) is 5.69 Å². The van der Waals surface area contributed by atoms with E-state index in [0.717, 1.165) is 11.3 Å². The van der Waals surface area contributed by atoms with E-state index >= 15 is 0 Å². The minimum absolute atomic E-state index is 0.315. The van der Waals surface area contributed by atoms with Gasteiger partial charge in [-0.2, -0.15) is 0 Å². The van der Waals surface area contributed by atoms with Gasteiger partial charge >= 0.3 is 11.8 Å². The predicted molar refractivity (Wildman–Crippen MR) is 85.4 cm³/mol. The zero-order chi connectivity index (χ0) is 16.6. The third kappa shape index (κ3) is 2.54. The second-order valence-electron chi connectivity index (χ2n) is 5.29. The molecule has 0 aliphatic carbocycles. The van der Waals surface area contributed by atoms with Crippen molar-refractivity contribution in [3.63, 3.8) is 0 Å². The van der Waals surface area contributed by atoms with Gasteiger partial charge in [0.1, 0.15) is 6.61 Å². The first kappa shape index (κ1) is 15.1. The molecule has 0 radical (unpaired) electrons. The first-order chi connectivity index (χ1) is 11.0. The SMILES string of the molecule is CCn1c(=O)ccn(-c2ccc(N3CCOC3=O)cc2C)c1=O. The summed E-state index contributed by atoms with van der Waals surface area (Å²) in [5, 5.41) is 0. The number of ether oxygens (including phenoxy) is 1. The molecule has 0 saturated carbocycles. The summed E-state index contributed by atoms with van der Waals surface area (Å²) < 4.78 is 7.54. The molecule has 1 amide bonds. The van der Waals surface area contributed by atoms with Gasteiger partial charge < -0.3 is 4.74 Å². The molecule has 1 aliphatic rings. The number of hydrogen-bond acceptors (Lipinski definition) is 4. The van der Waals surface area contributed by atoms with Crippen LogP contribution < -0.4 is 16.1 Å². The van der Waals surface area contributed by atoms with E-state index in [1.165, 1.54) is 21.4 Å². The Labute approximate surface area is 132 Å². The van der Waals surface area contributed by atoms with Crippen LogP contribution in [0.4, 0.5) is 10.5 Å². The molecule has 7 nitrogen and oxygen atoms in total. The minimum Gasteiger partial charge on any atom is -0.447 e. The molecule has 1 saturated heterocycles. The number of aromatic nitrogens is 2. The normalized spacial score (nSPS) is 14.2. The van der Waals surface area contributed by atoms with Crippen molar-refractivity contribution in [3.05, 3.63) is 56.9 Å². The number of rotatable bonds is 3. The Balaban J connectivity index is 2.07. The molecule has 2 heterocycles. The van der Waals surface area contributed by atoms with Crippen LogP contribution in [0.2, 0.25) is 0 Å². The summed E-state index contributed by atoms with van der Waals surface area (Å²) in [6.45, 7) is 4.81. The second-order valence-corrected chi connectivity index (χ2v) is 5.29. The van der Waals surface area contributed by atoms with E-state index in [1.807, 2.05) is 13.0 Å². The molecule has 0 spiro atoms. The Kier molecular flexibility index (Phi) is 3.77. The Morgan fingerprint density at radius 2 is 1.96 bits per heavy atom. The fraction of sp³-hybridized carbons (Fsp3) is 0.312. The summed E-state index contributed by atoms with van der Waals surface area (Å²) in [5.74, 6) is 0. The summed E-state index contributed by atoms with van der Waals surface area (Å²) >= 11 is 0. The maximum Gasteiger partial charge on any atom is 0.414 e. The molecule has 0 unspecified atom stereocenters. The van der Waals surface area contributed by atoms with Gasteiger partial charge in [0.15, 0.2) is 0 Å². The van der Waals surface area contributed by atoms with E-state index in [9.17, 15) is 14.4 Å². The second kappa shape index (κ2) is 5.75.